The minimum atomic E-state index is 0.870. The molecular weight excluding hydrogens is 526 g/mol. The highest BCUT2D eigenvalue weighted by atomic mass is 16.5. The number of hydrogen-bond donors (Lipinski definition) is 2. The number of piperazine rings is 1. The fourth-order valence-corrected chi connectivity index (χ4v) is 6.95. The molecule has 0 unspecified atom stereocenters. The van der Waals surface area contributed by atoms with Crippen LogP contribution in [0.4, 0.5) is 11.4 Å². The first-order valence-electron chi connectivity index (χ1n) is 16.0. The molecule has 0 radical (unpaired) electrons. The number of morpholine rings is 2. The van der Waals surface area contributed by atoms with Gasteiger partial charge in [0.2, 0.25) is 0 Å². The Kier molecular flexibility index (Phi) is 8.71. The molecule has 9 heteroatoms. The number of benzene rings is 2. The van der Waals surface area contributed by atoms with Gasteiger partial charge in [-0.25, -0.2) is 4.98 Å². The maximum Gasteiger partial charge on any atom is 0.0988 e. The maximum absolute atomic E-state index is 5.55. The van der Waals surface area contributed by atoms with Crippen LogP contribution in [0.25, 0.3) is 32.8 Å². The first-order chi connectivity index (χ1) is 20.9. The SMILES string of the molecule is C1COCCN1.c1ccc2c(c1)c1nc3cc(N4CCNCC4)ccc3c3c1n2CCCN3CCCN1CCOCC1. The highest BCUT2D eigenvalue weighted by Crippen LogP contribution is 2.41. The second-order valence-corrected chi connectivity index (χ2v) is 11.8. The molecule has 3 fully saturated rings. The molecule has 0 bridgehead atoms. The van der Waals surface area contributed by atoms with Crippen molar-refractivity contribution in [3.05, 3.63) is 42.5 Å². The molecule has 6 heterocycles. The van der Waals surface area contributed by atoms with Crippen LogP contribution in [-0.4, -0.2) is 113 Å². The third kappa shape index (κ3) is 5.81. The molecule has 2 aromatic heterocycles. The number of rotatable bonds is 5. The predicted octanol–water partition coefficient (Wildman–Crippen LogP) is 3.29. The van der Waals surface area contributed by atoms with Gasteiger partial charge in [0.25, 0.3) is 0 Å². The quantitative estimate of drug-likeness (QED) is 0.378. The molecule has 0 saturated carbocycles. The Bertz CT molecular complexity index is 1480. The normalized spacial score (nSPS) is 20.1. The number of ether oxygens (including phenoxy) is 2. The number of nitrogens with one attached hydrogen (secondary N) is 2. The summed E-state index contributed by atoms with van der Waals surface area (Å²) in [5, 5.41) is 9.20. The molecule has 0 spiro atoms. The first-order valence-corrected chi connectivity index (χ1v) is 16.0. The molecule has 4 aliphatic heterocycles. The van der Waals surface area contributed by atoms with Crippen molar-refractivity contribution in [2.24, 2.45) is 0 Å². The van der Waals surface area contributed by atoms with Gasteiger partial charge in [-0.05, 0) is 37.1 Å². The van der Waals surface area contributed by atoms with Crippen molar-refractivity contribution in [1.82, 2.24) is 25.1 Å². The van der Waals surface area contributed by atoms with Gasteiger partial charge in [-0.3, -0.25) is 4.90 Å². The van der Waals surface area contributed by atoms with Gasteiger partial charge in [0.05, 0.1) is 54.2 Å². The Morgan fingerprint density at radius 1 is 0.738 bits per heavy atom. The summed E-state index contributed by atoms with van der Waals surface area (Å²) in [6, 6.07) is 15.8. The number of nitrogens with zero attached hydrogens (tertiary/aromatic N) is 5. The Morgan fingerprint density at radius 2 is 1.52 bits per heavy atom. The summed E-state index contributed by atoms with van der Waals surface area (Å²) in [6.07, 6.45) is 2.32. The summed E-state index contributed by atoms with van der Waals surface area (Å²) < 4.78 is 13.1. The Balaban J connectivity index is 0.000000430. The molecule has 0 atom stereocenters. The number of aryl methyl sites for hydroxylation is 1. The van der Waals surface area contributed by atoms with E-state index in [0.29, 0.717) is 0 Å². The van der Waals surface area contributed by atoms with E-state index >= 15 is 0 Å². The summed E-state index contributed by atoms with van der Waals surface area (Å²) in [4.78, 5) is 13.1. The van der Waals surface area contributed by atoms with Crippen molar-refractivity contribution in [3.8, 4) is 0 Å². The zero-order valence-corrected chi connectivity index (χ0v) is 24.8. The van der Waals surface area contributed by atoms with E-state index in [9.17, 15) is 0 Å². The van der Waals surface area contributed by atoms with Crippen LogP contribution in [0.5, 0.6) is 0 Å². The van der Waals surface area contributed by atoms with Gasteiger partial charge in [-0.15, -0.1) is 0 Å². The number of aromatic nitrogens is 2. The van der Waals surface area contributed by atoms with Crippen molar-refractivity contribution in [3.63, 3.8) is 0 Å². The molecule has 4 aromatic rings. The smallest absolute Gasteiger partial charge is 0.0988 e. The average Bonchev–Trinajstić information content (AvgIpc) is 3.24. The van der Waals surface area contributed by atoms with Gasteiger partial charge >= 0.3 is 0 Å². The molecule has 3 saturated heterocycles. The molecule has 0 aliphatic carbocycles. The van der Waals surface area contributed by atoms with Gasteiger partial charge < -0.3 is 34.5 Å². The van der Waals surface area contributed by atoms with Gasteiger partial charge in [-0.1, -0.05) is 18.2 Å². The van der Waals surface area contributed by atoms with Crippen LogP contribution in [0.2, 0.25) is 0 Å². The number of anilines is 2. The zero-order chi connectivity index (χ0) is 28.1. The van der Waals surface area contributed by atoms with Crippen LogP contribution in [0, 0.1) is 0 Å². The molecule has 2 N–H and O–H groups in total. The van der Waals surface area contributed by atoms with Crippen LogP contribution < -0.4 is 20.4 Å². The van der Waals surface area contributed by atoms with Gasteiger partial charge in [-0.2, -0.15) is 0 Å². The third-order valence-corrected chi connectivity index (χ3v) is 9.10. The Hall–Kier alpha value is -2.95. The van der Waals surface area contributed by atoms with Crippen LogP contribution in [0.3, 0.4) is 0 Å². The largest absolute Gasteiger partial charge is 0.379 e. The maximum atomic E-state index is 5.55. The van der Waals surface area contributed by atoms with E-state index in [1.165, 1.54) is 39.6 Å². The molecule has 9 nitrogen and oxygen atoms in total. The molecule has 224 valence electrons. The lowest BCUT2D eigenvalue weighted by Gasteiger charge is -2.31. The van der Waals surface area contributed by atoms with E-state index in [1.807, 2.05) is 0 Å². The van der Waals surface area contributed by atoms with E-state index in [1.54, 1.807) is 0 Å². The highest BCUT2D eigenvalue weighted by Gasteiger charge is 2.25. The highest BCUT2D eigenvalue weighted by molar-refractivity contribution is 6.17. The fourth-order valence-electron chi connectivity index (χ4n) is 6.95. The van der Waals surface area contributed by atoms with Gasteiger partial charge in [0.15, 0.2) is 0 Å². The standard InChI is InChI=1S/C29H36N6O.C4H9NO/c1-2-6-26-24(5-1)27-29-28(23-8-7-22(21-25(23)31-27)33-15-9-30-10-16-33)34(13-4-14-35(26)29)12-3-11-32-17-19-36-20-18-32;1-3-6-4-2-5-1/h1-2,5-8,21,30H,3-4,9-20H2;5H,1-4H2. The molecule has 0 amide bonds. The summed E-state index contributed by atoms with van der Waals surface area (Å²) in [5.41, 5.74) is 7.59. The van der Waals surface area contributed by atoms with Gasteiger partial charge in [0.1, 0.15) is 0 Å². The Morgan fingerprint density at radius 3 is 2.31 bits per heavy atom. The second-order valence-electron chi connectivity index (χ2n) is 11.8. The minimum Gasteiger partial charge on any atom is -0.379 e. The van der Waals surface area contributed by atoms with E-state index in [-0.39, 0.29) is 0 Å². The van der Waals surface area contributed by atoms with Crippen molar-refractivity contribution >= 4 is 44.2 Å². The molecule has 42 heavy (non-hydrogen) atoms. The van der Waals surface area contributed by atoms with Crippen LogP contribution in [0.15, 0.2) is 42.5 Å². The fraction of sp³-hybridized carbons (Fsp3) is 0.545. The van der Waals surface area contributed by atoms with Crippen LogP contribution >= 0.6 is 0 Å². The lowest BCUT2D eigenvalue weighted by atomic mass is 10.1. The van der Waals surface area contributed by atoms with E-state index in [4.69, 9.17) is 14.5 Å². The zero-order valence-electron chi connectivity index (χ0n) is 24.8. The van der Waals surface area contributed by atoms with Crippen molar-refractivity contribution in [2.75, 3.05) is 108 Å². The molecular formula is C33H45N7O2. The van der Waals surface area contributed by atoms with Crippen LogP contribution in [0.1, 0.15) is 12.8 Å². The molecule has 2 aromatic carbocycles. The van der Waals surface area contributed by atoms with E-state index in [2.05, 4.69) is 72.4 Å². The number of fused-ring (bicyclic) bond motifs is 5. The minimum absolute atomic E-state index is 0.870. The van der Waals surface area contributed by atoms with E-state index in [0.717, 1.165) is 122 Å². The van der Waals surface area contributed by atoms with Crippen molar-refractivity contribution in [2.45, 2.75) is 19.4 Å². The van der Waals surface area contributed by atoms with E-state index < -0.39 is 0 Å². The average molecular weight is 572 g/mol. The topological polar surface area (TPSA) is 70.1 Å². The monoisotopic (exact) mass is 571 g/mol. The predicted molar refractivity (Wildman–Crippen MR) is 172 cm³/mol. The second kappa shape index (κ2) is 13.1. The Labute approximate surface area is 248 Å². The van der Waals surface area contributed by atoms with Crippen molar-refractivity contribution in [1.29, 1.82) is 0 Å². The lowest BCUT2D eigenvalue weighted by molar-refractivity contribution is 0.0376. The van der Waals surface area contributed by atoms with Crippen molar-refractivity contribution < 1.29 is 9.47 Å². The molecule has 8 rings (SSSR count). The molecule has 4 aliphatic rings. The summed E-state index contributed by atoms with van der Waals surface area (Å²) in [7, 11) is 0. The number of pyridine rings is 1. The third-order valence-electron chi connectivity index (χ3n) is 9.10. The summed E-state index contributed by atoms with van der Waals surface area (Å²) in [6.45, 7) is 16.2. The van der Waals surface area contributed by atoms with Gasteiger partial charge in [0, 0.05) is 95.0 Å². The lowest BCUT2D eigenvalue weighted by Crippen LogP contribution is -2.43. The number of hydrogen-bond acceptors (Lipinski definition) is 8. The first kappa shape index (κ1) is 27.9. The summed E-state index contributed by atoms with van der Waals surface area (Å²) >= 11 is 0. The number of para-hydroxylation sites is 1. The summed E-state index contributed by atoms with van der Waals surface area (Å²) in [5.74, 6) is 0. The van der Waals surface area contributed by atoms with Crippen LogP contribution in [-0.2, 0) is 16.0 Å².